The normalized spacial score (nSPS) is 16.4. The van der Waals surface area contributed by atoms with Crippen molar-refractivity contribution in [2.24, 2.45) is 4.99 Å². The molecule has 0 radical (unpaired) electrons. The van der Waals surface area contributed by atoms with Crippen molar-refractivity contribution in [1.29, 1.82) is 0 Å². The van der Waals surface area contributed by atoms with Gasteiger partial charge >= 0.3 is 5.97 Å². The van der Waals surface area contributed by atoms with Crippen LogP contribution in [0.2, 0.25) is 0 Å². The van der Waals surface area contributed by atoms with E-state index in [4.69, 9.17) is 4.74 Å². The average molecular weight is 384 g/mol. The number of para-hydroxylation sites is 1. The Kier molecular flexibility index (Phi) is 5.46. The van der Waals surface area contributed by atoms with Crippen molar-refractivity contribution in [2.45, 2.75) is 0 Å². The molecule has 0 aromatic heterocycles. The number of phenols is 1. The Balaban J connectivity index is 1.87. The highest BCUT2D eigenvalue weighted by Crippen LogP contribution is 2.31. The van der Waals surface area contributed by atoms with Crippen LogP contribution in [0.5, 0.6) is 11.5 Å². The van der Waals surface area contributed by atoms with E-state index in [-0.39, 0.29) is 17.2 Å². The number of amides is 1. The maximum Gasteiger partial charge on any atom is 0.341 e. The van der Waals surface area contributed by atoms with E-state index in [1.165, 1.54) is 37.1 Å². The van der Waals surface area contributed by atoms with Gasteiger partial charge in [0.15, 0.2) is 5.17 Å². The van der Waals surface area contributed by atoms with Gasteiger partial charge in [-0.05, 0) is 42.1 Å². The zero-order valence-corrected chi connectivity index (χ0v) is 15.4. The lowest BCUT2D eigenvalue weighted by molar-refractivity contribution is -0.115. The fourth-order valence-corrected chi connectivity index (χ4v) is 3.22. The van der Waals surface area contributed by atoms with Crippen molar-refractivity contribution in [3.05, 3.63) is 58.5 Å². The van der Waals surface area contributed by atoms with E-state index in [1.54, 1.807) is 13.2 Å². The smallest absolute Gasteiger partial charge is 0.341 e. The summed E-state index contributed by atoms with van der Waals surface area (Å²) in [6, 6.07) is 11.6. The third kappa shape index (κ3) is 4.12. The number of nitrogens with one attached hydrogen (secondary N) is 1. The molecular formula is C19H16N2O5S. The molecule has 138 valence electrons. The van der Waals surface area contributed by atoms with Crippen LogP contribution < -0.4 is 10.1 Å². The molecule has 2 N–H and O–H groups in total. The van der Waals surface area contributed by atoms with Gasteiger partial charge in [0.25, 0.3) is 5.91 Å². The molecule has 2 aromatic carbocycles. The molecule has 1 amide bonds. The average Bonchev–Trinajstić information content (AvgIpc) is 3.02. The molecule has 1 aliphatic rings. The van der Waals surface area contributed by atoms with Gasteiger partial charge < -0.3 is 19.9 Å². The number of phenolic OH excluding ortho intramolecular Hbond substituents is 1. The Bertz CT molecular complexity index is 968. The minimum Gasteiger partial charge on any atom is -0.507 e. The Morgan fingerprint density at radius 2 is 2.00 bits per heavy atom. The topological polar surface area (TPSA) is 97.2 Å². The van der Waals surface area contributed by atoms with Crippen LogP contribution in [0.15, 0.2) is 52.4 Å². The van der Waals surface area contributed by atoms with Crippen LogP contribution in [0.3, 0.4) is 0 Å². The summed E-state index contributed by atoms with van der Waals surface area (Å²) in [6.45, 7) is 0. The molecule has 8 heteroatoms. The summed E-state index contributed by atoms with van der Waals surface area (Å²) in [7, 11) is 2.79. The molecular weight excluding hydrogens is 368 g/mol. The van der Waals surface area contributed by atoms with Crippen LogP contribution in [-0.4, -0.2) is 36.4 Å². The number of hydrogen-bond donors (Lipinski definition) is 2. The van der Waals surface area contributed by atoms with Gasteiger partial charge in [-0.3, -0.25) is 4.79 Å². The molecule has 0 spiro atoms. The van der Waals surface area contributed by atoms with Gasteiger partial charge in [-0.25, -0.2) is 9.79 Å². The molecule has 7 nitrogen and oxygen atoms in total. The molecule has 2 aromatic rings. The lowest BCUT2D eigenvalue weighted by atomic mass is 10.2. The molecule has 0 bridgehead atoms. The Labute approximate surface area is 159 Å². The van der Waals surface area contributed by atoms with Gasteiger partial charge in [0, 0.05) is 5.56 Å². The number of methoxy groups -OCH3 is 2. The van der Waals surface area contributed by atoms with Crippen molar-refractivity contribution in [2.75, 3.05) is 14.2 Å². The van der Waals surface area contributed by atoms with E-state index in [0.717, 1.165) is 5.56 Å². The number of carbonyl (C=O) groups excluding carboxylic acids is 2. The number of ether oxygens (including phenoxy) is 2. The number of rotatable bonds is 4. The van der Waals surface area contributed by atoms with Crippen LogP contribution in [-0.2, 0) is 9.53 Å². The zero-order valence-electron chi connectivity index (χ0n) is 14.6. The number of nitrogens with zero attached hydrogens (tertiary/aromatic N) is 1. The molecule has 1 aliphatic heterocycles. The van der Waals surface area contributed by atoms with Crippen molar-refractivity contribution in [3.8, 4) is 11.5 Å². The first-order valence-corrected chi connectivity index (χ1v) is 8.67. The lowest BCUT2D eigenvalue weighted by Crippen LogP contribution is -2.19. The largest absolute Gasteiger partial charge is 0.507 e. The van der Waals surface area contributed by atoms with Gasteiger partial charge in [0.05, 0.1) is 24.8 Å². The molecule has 27 heavy (non-hydrogen) atoms. The number of thioether (sulfide) groups is 1. The molecule has 3 rings (SSSR count). The summed E-state index contributed by atoms with van der Waals surface area (Å²) in [5.41, 5.74) is 1.17. The van der Waals surface area contributed by atoms with E-state index in [9.17, 15) is 14.7 Å². The third-order valence-corrected chi connectivity index (χ3v) is 4.60. The molecule has 0 aliphatic carbocycles. The third-order valence-electron chi connectivity index (χ3n) is 3.69. The molecule has 1 saturated heterocycles. The molecule has 0 atom stereocenters. The highest BCUT2D eigenvalue weighted by atomic mass is 32.2. The monoisotopic (exact) mass is 384 g/mol. The van der Waals surface area contributed by atoms with E-state index >= 15 is 0 Å². The fraction of sp³-hybridized carbons (Fsp3) is 0.105. The minimum absolute atomic E-state index is 0.00143. The van der Waals surface area contributed by atoms with Crippen LogP contribution >= 0.6 is 11.8 Å². The summed E-state index contributed by atoms with van der Waals surface area (Å²) in [5, 5.41) is 12.8. The Morgan fingerprint density at radius 3 is 2.74 bits per heavy atom. The summed E-state index contributed by atoms with van der Waals surface area (Å²) in [6.07, 6.45) is 1.72. The second-order valence-corrected chi connectivity index (χ2v) is 6.45. The van der Waals surface area contributed by atoms with Gasteiger partial charge in [-0.15, -0.1) is 0 Å². The number of esters is 1. The van der Waals surface area contributed by atoms with Crippen molar-refractivity contribution >= 4 is 40.6 Å². The number of aliphatic imine (C=N–C) groups is 1. The highest BCUT2D eigenvalue weighted by Gasteiger charge is 2.24. The van der Waals surface area contributed by atoms with E-state index in [0.29, 0.717) is 21.5 Å². The van der Waals surface area contributed by atoms with Gasteiger partial charge in [-0.2, -0.15) is 0 Å². The molecule has 1 heterocycles. The summed E-state index contributed by atoms with van der Waals surface area (Å²) in [5.74, 6) is -0.498. The number of amidine groups is 1. The zero-order chi connectivity index (χ0) is 19.4. The lowest BCUT2D eigenvalue weighted by Gasteiger charge is -2.04. The van der Waals surface area contributed by atoms with Crippen molar-refractivity contribution in [3.63, 3.8) is 0 Å². The van der Waals surface area contributed by atoms with Crippen LogP contribution in [0.1, 0.15) is 15.9 Å². The van der Waals surface area contributed by atoms with E-state index in [2.05, 4.69) is 15.0 Å². The Hall–Kier alpha value is -3.26. The summed E-state index contributed by atoms with van der Waals surface area (Å²) in [4.78, 5) is 28.7. The van der Waals surface area contributed by atoms with E-state index < -0.39 is 5.97 Å². The SMILES string of the molecule is COC(=O)c1cc(N=C2NC(=O)/C(=C/c3ccccc3OC)S2)ccc1O. The number of carbonyl (C=O) groups is 2. The number of hydrogen-bond acceptors (Lipinski definition) is 7. The first kappa shape index (κ1) is 18.5. The van der Waals surface area contributed by atoms with Crippen molar-refractivity contribution in [1.82, 2.24) is 5.32 Å². The molecule has 0 unspecified atom stereocenters. The second-order valence-electron chi connectivity index (χ2n) is 5.42. The number of aromatic hydroxyl groups is 1. The summed E-state index contributed by atoms with van der Waals surface area (Å²) >= 11 is 1.17. The van der Waals surface area contributed by atoms with Crippen molar-refractivity contribution < 1.29 is 24.2 Å². The maximum atomic E-state index is 12.2. The first-order chi connectivity index (χ1) is 13.0. The Morgan fingerprint density at radius 1 is 1.22 bits per heavy atom. The minimum atomic E-state index is -0.672. The predicted molar refractivity (Wildman–Crippen MR) is 103 cm³/mol. The maximum absolute atomic E-state index is 12.2. The molecule has 1 fully saturated rings. The first-order valence-electron chi connectivity index (χ1n) is 7.85. The highest BCUT2D eigenvalue weighted by molar-refractivity contribution is 8.18. The van der Waals surface area contributed by atoms with E-state index in [1.807, 2.05) is 24.3 Å². The van der Waals surface area contributed by atoms with Gasteiger partial charge in [0.2, 0.25) is 0 Å². The number of benzene rings is 2. The summed E-state index contributed by atoms with van der Waals surface area (Å²) < 4.78 is 9.91. The quantitative estimate of drug-likeness (QED) is 0.621. The van der Waals surface area contributed by atoms with Crippen LogP contribution in [0, 0.1) is 0 Å². The fourth-order valence-electron chi connectivity index (χ4n) is 2.39. The molecule has 0 saturated carbocycles. The van der Waals surface area contributed by atoms with Crippen LogP contribution in [0.25, 0.3) is 6.08 Å². The van der Waals surface area contributed by atoms with Gasteiger partial charge in [0.1, 0.15) is 17.1 Å². The standard InChI is InChI=1S/C19H16N2O5S/c1-25-15-6-4-3-5-11(15)9-16-17(23)21-19(27-16)20-12-7-8-14(22)13(10-12)18(24)26-2/h3-10,22H,1-2H3,(H,20,21,23)/b16-9-. The predicted octanol–water partition coefficient (Wildman–Crippen LogP) is 3.08. The van der Waals surface area contributed by atoms with Gasteiger partial charge in [-0.1, -0.05) is 18.2 Å². The van der Waals surface area contributed by atoms with Crippen LogP contribution in [0.4, 0.5) is 5.69 Å². The second kappa shape index (κ2) is 7.96.